The third-order valence-electron chi connectivity index (χ3n) is 3.18. The number of hydrogen-bond donors (Lipinski definition) is 1. The Bertz CT molecular complexity index is 403. The van der Waals surface area contributed by atoms with Gasteiger partial charge in [-0.25, -0.2) is 4.98 Å². The summed E-state index contributed by atoms with van der Waals surface area (Å²) in [6.07, 6.45) is 0. The van der Waals surface area contributed by atoms with Crippen LogP contribution in [0, 0.1) is 12.8 Å². The summed E-state index contributed by atoms with van der Waals surface area (Å²) < 4.78 is 0. The molecule has 2 atom stereocenters. The van der Waals surface area contributed by atoms with E-state index in [1.54, 1.807) is 0 Å². The van der Waals surface area contributed by atoms with E-state index in [1.807, 2.05) is 11.3 Å². The second kappa shape index (κ2) is 7.34. The zero-order valence-electron chi connectivity index (χ0n) is 12.2. The van der Waals surface area contributed by atoms with Gasteiger partial charge in [0.1, 0.15) is 5.01 Å². The van der Waals surface area contributed by atoms with E-state index in [0.29, 0.717) is 16.4 Å². The minimum Gasteiger partial charge on any atom is -0.312 e. The molecule has 108 valence electrons. The fourth-order valence-electron chi connectivity index (χ4n) is 2.11. The quantitative estimate of drug-likeness (QED) is 0.884. The summed E-state index contributed by atoms with van der Waals surface area (Å²) in [4.78, 5) is 6.24. The number of thioether (sulfide) groups is 2. The van der Waals surface area contributed by atoms with Gasteiger partial charge in [-0.15, -0.1) is 23.1 Å². The van der Waals surface area contributed by atoms with Crippen molar-refractivity contribution in [3.05, 3.63) is 15.6 Å². The van der Waals surface area contributed by atoms with E-state index in [1.165, 1.54) is 27.1 Å². The van der Waals surface area contributed by atoms with Crippen LogP contribution in [-0.4, -0.2) is 28.3 Å². The van der Waals surface area contributed by atoms with Crippen molar-refractivity contribution >= 4 is 34.9 Å². The second-order valence-corrected chi connectivity index (χ2v) is 9.30. The van der Waals surface area contributed by atoms with Crippen molar-refractivity contribution in [2.24, 2.45) is 5.92 Å². The van der Waals surface area contributed by atoms with Crippen LogP contribution in [0.25, 0.3) is 0 Å². The van der Waals surface area contributed by atoms with Crippen LogP contribution >= 0.6 is 34.9 Å². The van der Waals surface area contributed by atoms with Gasteiger partial charge in [0.25, 0.3) is 0 Å². The van der Waals surface area contributed by atoms with Crippen LogP contribution in [0.3, 0.4) is 0 Å². The summed E-state index contributed by atoms with van der Waals surface area (Å²) >= 11 is 6.08. The summed E-state index contributed by atoms with van der Waals surface area (Å²) in [5, 5.41) is 6.16. The van der Waals surface area contributed by atoms with Crippen LogP contribution < -0.4 is 5.32 Å². The first-order chi connectivity index (χ1) is 9.08. The Morgan fingerprint density at radius 1 is 1.32 bits per heavy atom. The van der Waals surface area contributed by atoms with Gasteiger partial charge >= 0.3 is 0 Å². The van der Waals surface area contributed by atoms with Crippen LogP contribution in [0.1, 0.15) is 41.6 Å². The molecule has 1 aliphatic heterocycles. The molecule has 2 rings (SSSR count). The van der Waals surface area contributed by atoms with Crippen LogP contribution in [0.5, 0.6) is 0 Å². The molecule has 1 N–H and O–H groups in total. The largest absolute Gasteiger partial charge is 0.312 e. The SMILES string of the molecule is Cc1nc(C2SCCSC2C)sc1CNCC(C)C. The van der Waals surface area contributed by atoms with Gasteiger partial charge < -0.3 is 5.32 Å². The van der Waals surface area contributed by atoms with Gasteiger partial charge in [0.2, 0.25) is 0 Å². The Kier molecular flexibility index (Phi) is 6.06. The van der Waals surface area contributed by atoms with E-state index in [9.17, 15) is 0 Å². The van der Waals surface area contributed by atoms with Crippen molar-refractivity contribution in [2.75, 3.05) is 18.1 Å². The highest BCUT2D eigenvalue weighted by Gasteiger charge is 2.27. The molecule has 1 saturated heterocycles. The number of nitrogens with one attached hydrogen (secondary N) is 1. The molecule has 0 aromatic carbocycles. The van der Waals surface area contributed by atoms with Gasteiger partial charge in [0.05, 0.1) is 10.9 Å². The zero-order valence-corrected chi connectivity index (χ0v) is 14.7. The molecule has 2 nitrogen and oxygen atoms in total. The summed E-state index contributed by atoms with van der Waals surface area (Å²) in [7, 11) is 0. The van der Waals surface area contributed by atoms with Gasteiger partial charge in [-0.05, 0) is 19.4 Å². The molecule has 1 aromatic rings. The summed E-state index contributed by atoms with van der Waals surface area (Å²) in [5.74, 6) is 3.26. The van der Waals surface area contributed by atoms with Gasteiger partial charge in [-0.3, -0.25) is 0 Å². The zero-order chi connectivity index (χ0) is 13.8. The summed E-state index contributed by atoms with van der Waals surface area (Å²) in [6, 6.07) is 0. The van der Waals surface area contributed by atoms with Crippen molar-refractivity contribution in [3.63, 3.8) is 0 Å². The molecular weight excluding hydrogens is 292 g/mol. The maximum Gasteiger partial charge on any atom is 0.107 e. The van der Waals surface area contributed by atoms with E-state index >= 15 is 0 Å². The number of nitrogens with zero attached hydrogens (tertiary/aromatic N) is 1. The normalized spacial score (nSPS) is 24.1. The highest BCUT2D eigenvalue weighted by molar-refractivity contribution is 8.06. The third kappa shape index (κ3) is 4.38. The lowest BCUT2D eigenvalue weighted by molar-refractivity contribution is 0.554. The first kappa shape index (κ1) is 15.7. The van der Waals surface area contributed by atoms with Crippen LogP contribution in [-0.2, 0) is 6.54 Å². The molecule has 2 unspecified atom stereocenters. The van der Waals surface area contributed by atoms with E-state index in [2.05, 4.69) is 56.5 Å². The van der Waals surface area contributed by atoms with E-state index < -0.39 is 0 Å². The van der Waals surface area contributed by atoms with Crippen LogP contribution in [0.4, 0.5) is 0 Å². The van der Waals surface area contributed by atoms with E-state index in [4.69, 9.17) is 4.98 Å². The lowest BCUT2D eigenvalue weighted by Crippen LogP contribution is -2.18. The minimum absolute atomic E-state index is 0.598. The van der Waals surface area contributed by atoms with Crippen molar-refractivity contribution in [1.29, 1.82) is 0 Å². The number of hydrogen-bond acceptors (Lipinski definition) is 5. The van der Waals surface area contributed by atoms with E-state index in [-0.39, 0.29) is 0 Å². The van der Waals surface area contributed by atoms with Crippen molar-refractivity contribution in [1.82, 2.24) is 10.3 Å². The van der Waals surface area contributed by atoms with Crippen molar-refractivity contribution < 1.29 is 0 Å². The Hall–Kier alpha value is 0.290. The molecule has 0 spiro atoms. The maximum absolute atomic E-state index is 4.83. The van der Waals surface area contributed by atoms with Gasteiger partial charge in [0, 0.05) is 28.2 Å². The van der Waals surface area contributed by atoms with Crippen molar-refractivity contribution in [2.45, 2.75) is 44.7 Å². The molecule has 0 radical (unpaired) electrons. The molecule has 1 fully saturated rings. The first-order valence-corrected chi connectivity index (χ1v) is 9.89. The average molecular weight is 317 g/mol. The van der Waals surface area contributed by atoms with Gasteiger partial charge in [-0.2, -0.15) is 11.8 Å². The number of aryl methyl sites for hydroxylation is 1. The predicted octanol–water partition coefficient (Wildman–Crippen LogP) is 4.11. The highest BCUT2D eigenvalue weighted by atomic mass is 32.2. The molecule has 0 saturated carbocycles. The number of aromatic nitrogens is 1. The number of rotatable bonds is 5. The lowest BCUT2D eigenvalue weighted by atomic mass is 10.2. The molecule has 1 aliphatic rings. The fourth-order valence-corrected chi connectivity index (χ4v) is 6.31. The first-order valence-electron chi connectivity index (χ1n) is 6.98. The molecular formula is C14H24N2S3. The summed E-state index contributed by atoms with van der Waals surface area (Å²) in [6.45, 7) is 11.0. The van der Waals surface area contributed by atoms with Gasteiger partial charge in [-0.1, -0.05) is 20.8 Å². The monoisotopic (exact) mass is 316 g/mol. The summed E-state index contributed by atoms with van der Waals surface area (Å²) in [5.41, 5.74) is 1.22. The molecule has 0 bridgehead atoms. The van der Waals surface area contributed by atoms with Crippen LogP contribution in [0.15, 0.2) is 0 Å². The topological polar surface area (TPSA) is 24.9 Å². The fraction of sp³-hybridized carbons (Fsp3) is 0.786. The standard InChI is InChI=1S/C14H24N2S3/c1-9(2)7-15-8-12-10(3)16-14(19-12)13-11(4)17-5-6-18-13/h9,11,13,15H,5-8H2,1-4H3. The molecule has 5 heteroatoms. The third-order valence-corrected chi connectivity index (χ3v) is 7.67. The van der Waals surface area contributed by atoms with Gasteiger partial charge in [0.15, 0.2) is 0 Å². The van der Waals surface area contributed by atoms with E-state index in [0.717, 1.165) is 13.1 Å². The lowest BCUT2D eigenvalue weighted by Gasteiger charge is -2.25. The molecule has 19 heavy (non-hydrogen) atoms. The molecule has 0 amide bonds. The Balaban J connectivity index is 1.99. The Morgan fingerprint density at radius 2 is 2.05 bits per heavy atom. The Morgan fingerprint density at radius 3 is 2.74 bits per heavy atom. The molecule has 2 heterocycles. The number of thiazole rings is 1. The smallest absolute Gasteiger partial charge is 0.107 e. The average Bonchev–Trinajstić information content (AvgIpc) is 2.71. The second-order valence-electron chi connectivity index (χ2n) is 5.45. The maximum atomic E-state index is 4.83. The highest BCUT2D eigenvalue weighted by Crippen LogP contribution is 2.44. The molecule has 0 aliphatic carbocycles. The Labute approximate surface area is 129 Å². The van der Waals surface area contributed by atoms with Crippen LogP contribution in [0.2, 0.25) is 0 Å². The predicted molar refractivity (Wildman–Crippen MR) is 90.5 cm³/mol. The molecule has 1 aromatic heterocycles. The minimum atomic E-state index is 0.598. The van der Waals surface area contributed by atoms with Crippen molar-refractivity contribution in [3.8, 4) is 0 Å².